The zero-order valence-electron chi connectivity index (χ0n) is 14.8. The van der Waals surface area contributed by atoms with E-state index in [0.717, 1.165) is 11.1 Å². The molecule has 8 nitrogen and oxygen atoms in total. The lowest BCUT2D eigenvalue weighted by Crippen LogP contribution is -2.39. The van der Waals surface area contributed by atoms with Crippen molar-refractivity contribution >= 4 is 28.5 Å². The maximum Gasteiger partial charge on any atom is 0.252 e. The number of aryl methyl sites for hydroxylation is 1. The van der Waals surface area contributed by atoms with Crippen LogP contribution in [0.15, 0.2) is 36.8 Å². The van der Waals surface area contributed by atoms with Gasteiger partial charge in [-0.3, -0.25) is 4.79 Å². The van der Waals surface area contributed by atoms with Gasteiger partial charge in [0, 0.05) is 22.2 Å². The van der Waals surface area contributed by atoms with Crippen LogP contribution in [0, 0.1) is 6.92 Å². The average molecular weight is 401 g/mol. The number of amides is 1. The number of aliphatic hydroxyl groups is 2. The number of ether oxygens (including phenoxy) is 1. The molecule has 144 valence electrons. The Bertz CT molecular complexity index is 1100. The Balaban J connectivity index is 1.51. The summed E-state index contributed by atoms with van der Waals surface area (Å²) in [5.74, 6) is -0.286. The van der Waals surface area contributed by atoms with Crippen molar-refractivity contribution in [3.05, 3.63) is 58.6 Å². The SMILES string of the molecule is Cc1ncnc2c1ccn2[C@@H]1O[C@H]([C@@H]2NC(=O)c3cc(Cl)ccc32)[C@@H](O)[C@H]1O. The maximum absolute atomic E-state index is 12.3. The molecule has 4 heterocycles. The summed E-state index contributed by atoms with van der Waals surface area (Å²) >= 11 is 5.99. The smallest absolute Gasteiger partial charge is 0.252 e. The lowest BCUT2D eigenvalue weighted by Gasteiger charge is -2.22. The molecule has 5 atom stereocenters. The topological polar surface area (TPSA) is 110 Å². The van der Waals surface area contributed by atoms with Crippen LogP contribution in [0.1, 0.15) is 33.9 Å². The second-order valence-electron chi connectivity index (χ2n) is 7.07. The Morgan fingerprint density at radius 1 is 1.21 bits per heavy atom. The Kier molecular flexibility index (Phi) is 3.92. The molecule has 2 aromatic heterocycles. The van der Waals surface area contributed by atoms with E-state index in [1.54, 1.807) is 29.0 Å². The molecule has 0 saturated carbocycles. The zero-order chi connectivity index (χ0) is 19.6. The predicted molar refractivity (Wildman–Crippen MR) is 99.8 cm³/mol. The number of hydrogen-bond acceptors (Lipinski definition) is 6. The molecule has 9 heteroatoms. The first-order valence-corrected chi connectivity index (χ1v) is 9.23. The molecule has 1 amide bonds. The van der Waals surface area contributed by atoms with E-state index in [9.17, 15) is 15.0 Å². The van der Waals surface area contributed by atoms with Crippen molar-refractivity contribution in [1.29, 1.82) is 0 Å². The van der Waals surface area contributed by atoms with E-state index in [1.165, 1.54) is 6.33 Å². The van der Waals surface area contributed by atoms with Gasteiger partial charge in [-0.15, -0.1) is 0 Å². The third kappa shape index (κ3) is 2.46. The van der Waals surface area contributed by atoms with Crippen LogP contribution >= 0.6 is 11.6 Å². The third-order valence-corrected chi connectivity index (χ3v) is 5.70. The summed E-state index contributed by atoms with van der Waals surface area (Å²) in [6.45, 7) is 1.87. The second kappa shape index (κ2) is 6.25. The minimum absolute atomic E-state index is 0.286. The monoisotopic (exact) mass is 400 g/mol. The second-order valence-corrected chi connectivity index (χ2v) is 7.51. The number of fused-ring (bicyclic) bond motifs is 2. The highest BCUT2D eigenvalue weighted by molar-refractivity contribution is 6.31. The maximum atomic E-state index is 12.3. The minimum atomic E-state index is -1.20. The lowest BCUT2D eigenvalue weighted by atomic mass is 9.96. The summed E-state index contributed by atoms with van der Waals surface area (Å²) in [7, 11) is 0. The summed E-state index contributed by atoms with van der Waals surface area (Å²) in [6, 6.07) is 6.25. The van der Waals surface area contributed by atoms with Crippen molar-refractivity contribution in [1.82, 2.24) is 19.9 Å². The predicted octanol–water partition coefficient (Wildman–Crippen LogP) is 1.50. The fourth-order valence-electron chi connectivity index (χ4n) is 4.05. The van der Waals surface area contributed by atoms with Crippen molar-refractivity contribution in [3.8, 4) is 0 Å². The van der Waals surface area contributed by atoms with Gasteiger partial charge in [0.25, 0.3) is 5.91 Å². The molecule has 5 rings (SSSR count). The van der Waals surface area contributed by atoms with Crippen molar-refractivity contribution in [2.24, 2.45) is 0 Å². The number of rotatable bonds is 2. The van der Waals surface area contributed by atoms with E-state index in [0.29, 0.717) is 21.8 Å². The van der Waals surface area contributed by atoms with E-state index < -0.39 is 30.6 Å². The van der Waals surface area contributed by atoms with Gasteiger partial charge in [0.15, 0.2) is 6.23 Å². The molecule has 28 heavy (non-hydrogen) atoms. The van der Waals surface area contributed by atoms with Crippen LogP contribution in [0.25, 0.3) is 11.0 Å². The van der Waals surface area contributed by atoms with Crippen LogP contribution in [0.4, 0.5) is 0 Å². The zero-order valence-corrected chi connectivity index (χ0v) is 15.5. The third-order valence-electron chi connectivity index (χ3n) is 5.47. The first-order chi connectivity index (χ1) is 13.5. The van der Waals surface area contributed by atoms with E-state index >= 15 is 0 Å². The molecule has 0 bridgehead atoms. The summed E-state index contributed by atoms with van der Waals surface area (Å²) in [6.07, 6.45) is -0.870. The first-order valence-electron chi connectivity index (χ1n) is 8.86. The minimum Gasteiger partial charge on any atom is -0.387 e. The van der Waals surface area contributed by atoms with Crippen LogP contribution < -0.4 is 5.32 Å². The number of carbonyl (C=O) groups excluding carboxylic acids is 1. The Hall–Kier alpha value is -2.52. The highest BCUT2D eigenvalue weighted by Gasteiger charge is 2.50. The number of carbonyl (C=O) groups is 1. The summed E-state index contributed by atoms with van der Waals surface area (Å²) < 4.78 is 7.73. The highest BCUT2D eigenvalue weighted by atomic mass is 35.5. The van der Waals surface area contributed by atoms with Crippen molar-refractivity contribution < 1.29 is 19.7 Å². The molecule has 1 aromatic carbocycles. The normalized spacial score (nSPS) is 29.3. The summed E-state index contributed by atoms with van der Waals surface area (Å²) in [5, 5.41) is 25.5. The van der Waals surface area contributed by atoms with Crippen LogP contribution in [0.5, 0.6) is 0 Å². The van der Waals surface area contributed by atoms with Gasteiger partial charge in [-0.25, -0.2) is 9.97 Å². The number of nitrogens with zero attached hydrogens (tertiary/aromatic N) is 3. The van der Waals surface area contributed by atoms with Gasteiger partial charge in [-0.05, 0) is 30.7 Å². The number of aromatic nitrogens is 3. The number of hydrogen-bond donors (Lipinski definition) is 3. The van der Waals surface area contributed by atoms with E-state index in [-0.39, 0.29) is 5.91 Å². The molecule has 1 fully saturated rings. The quantitative estimate of drug-likeness (QED) is 0.601. The standard InChI is InChI=1S/C19H17ClN4O4/c1-8-10-4-5-24(17(10)22-7-21-8)19-15(26)14(25)16(28-19)13-11-3-2-9(20)6-12(11)18(27)23-13/h2-7,13-16,19,25-26H,1H3,(H,23,27)/t13-,14+,15-,16-,19-/m1/s1. The summed E-state index contributed by atoms with van der Waals surface area (Å²) in [5.41, 5.74) is 2.54. The Labute approximate surface area is 164 Å². The fraction of sp³-hybridized carbons (Fsp3) is 0.316. The molecular weight excluding hydrogens is 384 g/mol. The lowest BCUT2D eigenvalue weighted by molar-refractivity contribution is -0.0447. The largest absolute Gasteiger partial charge is 0.387 e. The van der Waals surface area contributed by atoms with Crippen LogP contribution in [0.3, 0.4) is 0 Å². The van der Waals surface area contributed by atoms with Crippen LogP contribution in [-0.4, -0.2) is 49.0 Å². The van der Waals surface area contributed by atoms with Gasteiger partial charge in [-0.1, -0.05) is 17.7 Å². The van der Waals surface area contributed by atoms with Crippen molar-refractivity contribution in [3.63, 3.8) is 0 Å². The van der Waals surface area contributed by atoms with Gasteiger partial charge in [0.1, 0.15) is 30.3 Å². The fourth-order valence-corrected chi connectivity index (χ4v) is 4.22. The van der Waals surface area contributed by atoms with Crippen LogP contribution in [-0.2, 0) is 4.74 Å². The molecule has 0 unspecified atom stereocenters. The van der Waals surface area contributed by atoms with Gasteiger partial charge in [-0.2, -0.15) is 0 Å². The molecule has 3 aromatic rings. The molecule has 2 aliphatic rings. The van der Waals surface area contributed by atoms with Crippen LogP contribution in [0.2, 0.25) is 5.02 Å². The van der Waals surface area contributed by atoms with Crippen molar-refractivity contribution in [2.45, 2.75) is 37.5 Å². The highest BCUT2D eigenvalue weighted by Crippen LogP contribution is 2.40. The summed E-state index contributed by atoms with van der Waals surface area (Å²) in [4.78, 5) is 20.7. The molecule has 1 saturated heterocycles. The molecule has 3 N–H and O–H groups in total. The van der Waals surface area contributed by atoms with Gasteiger partial charge in [0.2, 0.25) is 0 Å². The van der Waals surface area contributed by atoms with E-state index in [2.05, 4.69) is 15.3 Å². The van der Waals surface area contributed by atoms with Gasteiger partial charge >= 0.3 is 0 Å². The molecule has 0 radical (unpaired) electrons. The number of nitrogens with one attached hydrogen (secondary N) is 1. The number of halogens is 1. The van der Waals surface area contributed by atoms with E-state index in [4.69, 9.17) is 16.3 Å². The molecule has 0 spiro atoms. The first kappa shape index (κ1) is 17.6. The molecule has 2 aliphatic heterocycles. The number of aliphatic hydroxyl groups excluding tert-OH is 2. The molecule has 0 aliphatic carbocycles. The molecular formula is C19H17ClN4O4. The van der Waals surface area contributed by atoms with Crippen molar-refractivity contribution in [2.75, 3.05) is 0 Å². The Morgan fingerprint density at radius 3 is 2.86 bits per heavy atom. The van der Waals surface area contributed by atoms with Gasteiger partial charge in [0.05, 0.1) is 11.7 Å². The van der Waals surface area contributed by atoms with Gasteiger partial charge < -0.3 is 24.8 Å². The Morgan fingerprint density at radius 2 is 2.04 bits per heavy atom. The average Bonchev–Trinajstić information content (AvgIpc) is 3.32. The van der Waals surface area contributed by atoms with E-state index in [1.807, 2.05) is 13.0 Å². The number of benzene rings is 1.